The zero-order valence-electron chi connectivity index (χ0n) is 14.4. The van der Waals surface area contributed by atoms with Crippen molar-refractivity contribution in [2.75, 3.05) is 26.2 Å². The molecule has 0 aliphatic carbocycles. The number of benzene rings is 2. The molecule has 1 N–H and O–H groups in total. The molecule has 0 radical (unpaired) electrons. The maximum Gasteiger partial charge on any atom is 0.258 e. The maximum atomic E-state index is 13.9. The molecule has 2 heterocycles. The number of rotatable bonds is 4. The number of halogens is 2. The number of fused-ring (bicyclic) bond motifs is 3. The molecule has 0 amide bonds. The molecule has 1 fully saturated rings. The van der Waals surface area contributed by atoms with Crippen LogP contribution in [0.25, 0.3) is 21.8 Å². The lowest BCUT2D eigenvalue weighted by Crippen LogP contribution is -2.46. The highest BCUT2D eigenvalue weighted by atomic mass is 19.3. The Morgan fingerprint density at radius 3 is 2.44 bits per heavy atom. The SMILES string of the molecule is CCn1c2ccccc2c2cc([C@@H](C(F)F)N3CCNCC3)ccc21. The molecule has 132 valence electrons. The van der Waals surface area contributed by atoms with Gasteiger partial charge in [0, 0.05) is 54.5 Å². The highest BCUT2D eigenvalue weighted by Gasteiger charge is 2.30. The van der Waals surface area contributed by atoms with Crippen LogP contribution in [0.5, 0.6) is 0 Å². The Morgan fingerprint density at radius 2 is 1.72 bits per heavy atom. The first-order chi connectivity index (χ1) is 12.2. The fourth-order valence-corrected chi connectivity index (χ4v) is 4.07. The summed E-state index contributed by atoms with van der Waals surface area (Å²) in [5.74, 6) is 0. The van der Waals surface area contributed by atoms with Crippen molar-refractivity contribution < 1.29 is 8.78 Å². The quantitative estimate of drug-likeness (QED) is 0.772. The van der Waals surface area contributed by atoms with Gasteiger partial charge in [-0.2, -0.15) is 0 Å². The molecule has 3 aromatic rings. The molecule has 1 atom stereocenters. The van der Waals surface area contributed by atoms with Crippen LogP contribution in [0.3, 0.4) is 0 Å². The smallest absolute Gasteiger partial charge is 0.258 e. The molecule has 0 bridgehead atoms. The van der Waals surface area contributed by atoms with Crippen LogP contribution in [0, 0.1) is 0 Å². The van der Waals surface area contributed by atoms with Crippen LogP contribution in [0.15, 0.2) is 42.5 Å². The second kappa shape index (κ2) is 6.73. The van der Waals surface area contributed by atoms with E-state index in [1.807, 2.05) is 35.2 Å². The zero-order valence-corrected chi connectivity index (χ0v) is 14.4. The van der Waals surface area contributed by atoms with Gasteiger partial charge in [0.15, 0.2) is 0 Å². The summed E-state index contributed by atoms with van der Waals surface area (Å²) in [4.78, 5) is 1.90. The molecule has 0 spiro atoms. The summed E-state index contributed by atoms with van der Waals surface area (Å²) in [6, 6.07) is 13.2. The van der Waals surface area contributed by atoms with Crippen molar-refractivity contribution in [1.29, 1.82) is 0 Å². The minimum atomic E-state index is -2.39. The van der Waals surface area contributed by atoms with Crippen LogP contribution in [0.1, 0.15) is 18.5 Å². The first-order valence-electron chi connectivity index (χ1n) is 8.94. The second-order valence-electron chi connectivity index (χ2n) is 6.60. The predicted octanol–water partition coefficient (Wildman–Crippen LogP) is 4.03. The Bertz CT molecular complexity index is 881. The van der Waals surface area contributed by atoms with E-state index in [0.29, 0.717) is 18.7 Å². The second-order valence-corrected chi connectivity index (χ2v) is 6.60. The Kier molecular flexibility index (Phi) is 4.44. The van der Waals surface area contributed by atoms with Crippen molar-refractivity contribution in [3.05, 3.63) is 48.0 Å². The van der Waals surface area contributed by atoms with Crippen molar-refractivity contribution >= 4 is 21.8 Å². The van der Waals surface area contributed by atoms with E-state index >= 15 is 0 Å². The number of piperazine rings is 1. The molecule has 0 saturated carbocycles. The maximum absolute atomic E-state index is 13.9. The summed E-state index contributed by atoms with van der Waals surface area (Å²) in [5, 5.41) is 5.43. The molecule has 1 aliphatic rings. The molecule has 5 heteroatoms. The van der Waals surface area contributed by atoms with Crippen molar-refractivity contribution in [3.8, 4) is 0 Å². The summed E-state index contributed by atoms with van der Waals surface area (Å²) < 4.78 is 30.0. The van der Waals surface area contributed by atoms with Gasteiger partial charge in [-0.05, 0) is 30.7 Å². The summed E-state index contributed by atoms with van der Waals surface area (Å²) >= 11 is 0. The molecule has 1 saturated heterocycles. The molecular formula is C20H23F2N3. The lowest BCUT2D eigenvalue weighted by atomic mass is 10.0. The van der Waals surface area contributed by atoms with Crippen LogP contribution in [-0.4, -0.2) is 42.1 Å². The predicted molar refractivity (Wildman–Crippen MR) is 98.3 cm³/mol. The number of alkyl halides is 2. The standard InChI is InChI=1S/C20H23F2N3/c1-2-25-17-6-4-3-5-15(17)16-13-14(7-8-18(16)25)19(20(21)22)24-11-9-23-10-12-24/h3-8,13,19-20,23H,2,9-12H2,1H3/t19-/m0/s1. The molecule has 4 rings (SSSR count). The van der Waals surface area contributed by atoms with Gasteiger partial charge in [-0.15, -0.1) is 0 Å². The Hall–Kier alpha value is -1.98. The highest BCUT2D eigenvalue weighted by Crippen LogP contribution is 2.34. The fraction of sp³-hybridized carbons (Fsp3) is 0.400. The van der Waals surface area contributed by atoms with Crippen LogP contribution in [0.2, 0.25) is 0 Å². The molecule has 2 aromatic carbocycles. The van der Waals surface area contributed by atoms with E-state index in [9.17, 15) is 8.78 Å². The summed E-state index contributed by atoms with van der Waals surface area (Å²) in [5.41, 5.74) is 2.98. The third-order valence-electron chi connectivity index (χ3n) is 5.24. The van der Waals surface area contributed by atoms with Crippen LogP contribution < -0.4 is 5.32 Å². The van der Waals surface area contributed by atoms with Gasteiger partial charge >= 0.3 is 0 Å². The lowest BCUT2D eigenvalue weighted by Gasteiger charge is -2.34. The fourth-order valence-electron chi connectivity index (χ4n) is 4.07. The number of para-hydroxylation sites is 1. The molecule has 3 nitrogen and oxygen atoms in total. The van der Waals surface area contributed by atoms with Gasteiger partial charge in [0.05, 0.1) is 6.04 Å². The number of hydrogen-bond acceptors (Lipinski definition) is 2. The average Bonchev–Trinajstić information content (AvgIpc) is 2.96. The van der Waals surface area contributed by atoms with Crippen LogP contribution in [-0.2, 0) is 6.54 Å². The zero-order chi connectivity index (χ0) is 17.4. The minimum absolute atomic E-state index is 0.657. The Labute approximate surface area is 146 Å². The van der Waals surface area contributed by atoms with Gasteiger partial charge in [0.2, 0.25) is 0 Å². The Balaban J connectivity index is 1.86. The molecule has 0 unspecified atom stereocenters. The molecular weight excluding hydrogens is 320 g/mol. The van der Waals surface area contributed by atoms with E-state index in [0.717, 1.165) is 41.4 Å². The van der Waals surface area contributed by atoms with Gasteiger partial charge in [-0.25, -0.2) is 8.78 Å². The Morgan fingerprint density at radius 1 is 1.00 bits per heavy atom. The minimum Gasteiger partial charge on any atom is -0.341 e. The summed E-state index contributed by atoms with van der Waals surface area (Å²) in [6.45, 7) is 5.82. The molecule has 1 aromatic heterocycles. The lowest BCUT2D eigenvalue weighted by molar-refractivity contribution is 0.0182. The first kappa shape index (κ1) is 16.5. The number of hydrogen-bond donors (Lipinski definition) is 1. The van der Waals surface area contributed by atoms with E-state index in [1.54, 1.807) is 0 Å². The van der Waals surface area contributed by atoms with E-state index in [-0.39, 0.29) is 0 Å². The molecule has 25 heavy (non-hydrogen) atoms. The van der Waals surface area contributed by atoms with Crippen molar-refractivity contribution in [1.82, 2.24) is 14.8 Å². The topological polar surface area (TPSA) is 20.2 Å². The number of nitrogens with one attached hydrogen (secondary N) is 1. The van der Waals surface area contributed by atoms with Crippen LogP contribution in [0.4, 0.5) is 8.78 Å². The van der Waals surface area contributed by atoms with Gasteiger partial charge in [-0.3, -0.25) is 4.90 Å². The van der Waals surface area contributed by atoms with Gasteiger partial charge in [0.25, 0.3) is 6.43 Å². The normalized spacial score (nSPS) is 17.6. The van der Waals surface area contributed by atoms with E-state index in [1.165, 1.54) is 0 Å². The van der Waals surface area contributed by atoms with Crippen molar-refractivity contribution in [3.63, 3.8) is 0 Å². The van der Waals surface area contributed by atoms with Crippen LogP contribution >= 0.6 is 0 Å². The van der Waals surface area contributed by atoms with Crippen molar-refractivity contribution in [2.45, 2.75) is 25.9 Å². The summed E-state index contributed by atoms with van der Waals surface area (Å²) in [7, 11) is 0. The largest absolute Gasteiger partial charge is 0.341 e. The third kappa shape index (κ3) is 2.81. The average molecular weight is 343 g/mol. The van der Waals surface area contributed by atoms with Gasteiger partial charge < -0.3 is 9.88 Å². The number of nitrogens with zero attached hydrogens (tertiary/aromatic N) is 2. The van der Waals surface area contributed by atoms with E-state index in [4.69, 9.17) is 0 Å². The monoisotopic (exact) mass is 343 g/mol. The summed E-state index contributed by atoms with van der Waals surface area (Å²) in [6.07, 6.45) is -2.39. The highest BCUT2D eigenvalue weighted by molar-refractivity contribution is 6.08. The number of aromatic nitrogens is 1. The molecule has 1 aliphatic heterocycles. The van der Waals surface area contributed by atoms with Gasteiger partial charge in [-0.1, -0.05) is 24.3 Å². The third-order valence-corrected chi connectivity index (χ3v) is 5.24. The van der Waals surface area contributed by atoms with Gasteiger partial charge in [0.1, 0.15) is 0 Å². The first-order valence-corrected chi connectivity index (χ1v) is 8.94. The van der Waals surface area contributed by atoms with E-state index in [2.05, 4.69) is 28.9 Å². The number of aryl methyl sites for hydroxylation is 1. The van der Waals surface area contributed by atoms with Crippen molar-refractivity contribution in [2.24, 2.45) is 0 Å². The van der Waals surface area contributed by atoms with E-state index < -0.39 is 12.5 Å².